The summed E-state index contributed by atoms with van der Waals surface area (Å²) in [7, 11) is 1.54. The molecule has 34 heavy (non-hydrogen) atoms. The van der Waals surface area contributed by atoms with Crippen molar-refractivity contribution >= 4 is 23.0 Å². The highest BCUT2D eigenvalue weighted by molar-refractivity contribution is 6.26. The van der Waals surface area contributed by atoms with Crippen molar-refractivity contribution in [3.05, 3.63) is 89.5 Å². The molecule has 0 spiro atoms. The van der Waals surface area contributed by atoms with Crippen molar-refractivity contribution in [2.45, 2.75) is 24.3 Å². The highest BCUT2D eigenvalue weighted by Gasteiger charge is 2.26. The zero-order valence-electron chi connectivity index (χ0n) is 19.0. The third kappa shape index (κ3) is 5.83. The molecule has 7 heteroatoms. The van der Waals surface area contributed by atoms with Crippen LogP contribution in [-0.4, -0.2) is 45.3 Å². The van der Waals surface area contributed by atoms with Gasteiger partial charge in [0.25, 0.3) is 0 Å². The van der Waals surface area contributed by atoms with Crippen molar-refractivity contribution < 1.29 is 14.9 Å². The smallest absolute Gasteiger partial charge is 0.318 e. The van der Waals surface area contributed by atoms with Gasteiger partial charge in [-0.05, 0) is 41.2 Å². The van der Waals surface area contributed by atoms with E-state index in [1.165, 1.54) is 5.56 Å². The van der Waals surface area contributed by atoms with Gasteiger partial charge in [-0.25, -0.2) is 0 Å². The fraction of sp³-hybridized carbons (Fsp3) is 0.259. The second-order valence-corrected chi connectivity index (χ2v) is 9.03. The predicted octanol–water partition coefficient (Wildman–Crippen LogP) is 4.61. The van der Waals surface area contributed by atoms with Crippen LogP contribution in [0.2, 0.25) is 0 Å². The van der Waals surface area contributed by atoms with Crippen LogP contribution in [-0.2, 0) is 13.0 Å². The lowest BCUT2D eigenvalue weighted by Gasteiger charge is -2.25. The van der Waals surface area contributed by atoms with Gasteiger partial charge in [0.2, 0.25) is 0 Å². The van der Waals surface area contributed by atoms with Crippen LogP contribution in [0.3, 0.4) is 0 Å². The van der Waals surface area contributed by atoms with Crippen LogP contribution >= 0.6 is 11.6 Å². The molecule has 0 fully saturated rings. The average molecular weight is 478 g/mol. The van der Waals surface area contributed by atoms with E-state index < -0.39 is 4.87 Å². The Morgan fingerprint density at radius 3 is 2.59 bits per heavy atom. The van der Waals surface area contributed by atoms with E-state index in [-0.39, 0.29) is 19.2 Å². The number of rotatable bonds is 9. The van der Waals surface area contributed by atoms with Crippen LogP contribution < -0.4 is 10.1 Å². The standard InChI is InChI=1S/C27H28ClN3O3/c1-34-26-30-24(22-5-2-4-20(14-22)17-32)15-25(31-26)29-13-11-19-7-9-21(10-8-19)23-6-3-12-27(28,16-23)18-33/h2-10,12,14-15,32-33H,11,13,16-18H2,1H3,(H,29,30,31). The van der Waals surface area contributed by atoms with Crippen molar-refractivity contribution in [1.82, 2.24) is 9.97 Å². The average Bonchev–Trinajstić information content (AvgIpc) is 2.89. The first-order valence-corrected chi connectivity index (χ1v) is 11.5. The molecule has 4 rings (SSSR count). The molecule has 1 aliphatic carbocycles. The number of nitrogens with zero attached hydrogens (tertiary/aromatic N) is 2. The molecule has 0 aliphatic heterocycles. The van der Waals surface area contributed by atoms with E-state index in [1.54, 1.807) is 7.11 Å². The lowest BCUT2D eigenvalue weighted by Crippen LogP contribution is -2.25. The number of alkyl halides is 1. The molecule has 1 aromatic heterocycles. The van der Waals surface area contributed by atoms with E-state index in [4.69, 9.17) is 16.3 Å². The minimum absolute atomic E-state index is 0.0257. The van der Waals surface area contributed by atoms with Gasteiger partial charge < -0.3 is 20.3 Å². The lowest BCUT2D eigenvalue weighted by atomic mass is 9.89. The number of benzene rings is 2. The zero-order chi connectivity index (χ0) is 24.0. The summed E-state index contributed by atoms with van der Waals surface area (Å²) in [6.45, 7) is 0.576. The van der Waals surface area contributed by atoms with Crippen molar-refractivity contribution in [3.63, 3.8) is 0 Å². The minimum atomic E-state index is -0.719. The molecule has 0 bridgehead atoms. The topological polar surface area (TPSA) is 87.5 Å². The zero-order valence-corrected chi connectivity index (χ0v) is 19.8. The van der Waals surface area contributed by atoms with Crippen LogP contribution in [0.5, 0.6) is 6.01 Å². The normalized spacial score (nSPS) is 17.4. The van der Waals surface area contributed by atoms with E-state index in [0.717, 1.165) is 34.4 Å². The van der Waals surface area contributed by atoms with Crippen LogP contribution in [0, 0.1) is 0 Å². The molecule has 0 saturated carbocycles. The maximum Gasteiger partial charge on any atom is 0.318 e. The number of methoxy groups -OCH3 is 1. The predicted molar refractivity (Wildman–Crippen MR) is 136 cm³/mol. The largest absolute Gasteiger partial charge is 0.467 e. The number of anilines is 1. The highest BCUT2D eigenvalue weighted by Crippen LogP contribution is 2.34. The summed E-state index contributed by atoms with van der Waals surface area (Å²) in [6.07, 6.45) is 7.21. The monoisotopic (exact) mass is 477 g/mol. The van der Waals surface area contributed by atoms with Crippen molar-refractivity contribution in [3.8, 4) is 17.3 Å². The summed E-state index contributed by atoms with van der Waals surface area (Å²) in [4.78, 5) is 8.13. The van der Waals surface area contributed by atoms with Gasteiger partial charge in [0, 0.05) is 18.2 Å². The summed E-state index contributed by atoms with van der Waals surface area (Å²) in [5.41, 5.74) is 5.85. The third-order valence-corrected chi connectivity index (χ3v) is 6.16. The van der Waals surface area contributed by atoms with Crippen molar-refractivity contribution in [1.29, 1.82) is 0 Å². The van der Waals surface area contributed by atoms with Crippen molar-refractivity contribution in [2.75, 3.05) is 25.6 Å². The van der Waals surface area contributed by atoms with Gasteiger partial charge in [0.1, 0.15) is 5.82 Å². The Kier molecular flexibility index (Phi) is 7.63. The first-order valence-electron chi connectivity index (χ1n) is 11.2. The quantitative estimate of drug-likeness (QED) is 0.390. The van der Waals surface area contributed by atoms with Gasteiger partial charge in [-0.2, -0.15) is 9.97 Å². The van der Waals surface area contributed by atoms with Crippen LogP contribution in [0.1, 0.15) is 23.1 Å². The van der Waals surface area contributed by atoms with Crippen LogP contribution in [0.25, 0.3) is 16.8 Å². The van der Waals surface area contributed by atoms with Crippen LogP contribution in [0.15, 0.2) is 72.8 Å². The number of hydrogen-bond acceptors (Lipinski definition) is 6. The Morgan fingerprint density at radius 2 is 1.85 bits per heavy atom. The molecule has 1 aliphatic rings. The molecule has 6 nitrogen and oxygen atoms in total. The number of aromatic nitrogens is 2. The number of halogens is 1. The highest BCUT2D eigenvalue weighted by atomic mass is 35.5. The molecule has 1 atom stereocenters. The van der Waals surface area contributed by atoms with E-state index in [9.17, 15) is 10.2 Å². The first kappa shape index (κ1) is 24.0. The SMILES string of the molecule is COc1nc(NCCc2ccc(C3=CC=CC(Cl)(CO)C3)cc2)cc(-c2cccc(CO)c2)n1. The molecule has 1 unspecified atom stereocenters. The lowest BCUT2D eigenvalue weighted by molar-refractivity contribution is 0.267. The summed E-state index contributed by atoms with van der Waals surface area (Å²) < 4.78 is 5.28. The number of aliphatic hydroxyl groups is 2. The Labute approximate surface area is 204 Å². The fourth-order valence-electron chi connectivity index (χ4n) is 3.88. The summed E-state index contributed by atoms with van der Waals surface area (Å²) in [5.74, 6) is 0.675. The van der Waals surface area contributed by atoms with Crippen molar-refractivity contribution in [2.24, 2.45) is 0 Å². The maximum absolute atomic E-state index is 9.54. The molecule has 0 saturated heterocycles. The Balaban J connectivity index is 1.40. The second kappa shape index (κ2) is 10.8. The third-order valence-electron chi connectivity index (χ3n) is 5.78. The second-order valence-electron chi connectivity index (χ2n) is 8.28. The number of allylic oxidation sites excluding steroid dienone is 3. The van der Waals surface area contributed by atoms with E-state index in [0.29, 0.717) is 18.8 Å². The minimum Gasteiger partial charge on any atom is -0.467 e. The molecule has 3 N–H and O–H groups in total. The molecule has 176 valence electrons. The van der Waals surface area contributed by atoms with Gasteiger partial charge in [-0.1, -0.05) is 60.7 Å². The fourth-order valence-corrected chi connectivity index (χ4v) is 4.10. The molecule has 0 radical (unpaired) electrons. The van der Waals surface area contributed by atoms with E-state index >= 15 is 0 Å². The summed E-state index contributed by atoms with van der Waals surface area (Å²) in [6, 6.07) is 18.2. The first-order chi connectivity index (χ1) is 16.5. The number of nitrogens with one attached hydrogen (secondary N) is 1. The Hall–Kier alpha value is -3.19. The molecular formula is C27H28ClN3O3. The molecule has 2 aromatic carbocycles. The summed E-state index contributed by atoms with van der Waals surface area (Å²) >= 11 is 6.43. The number of aliphatic hydroxyl groups excluding tert-OH is 2. The van der Waals surface area contributed by atoms with Gasteiger partial charge >= 0.3 is 6.01 Å². The number of ether oxygens (including phenoxy) is 1. The van der Waals surface area contributed by atoms with Gasteiger partial charge in [-0.15, -0.1) is 11.6 Å². The van der Waals surface area contributed by atoms with E-state index in [1.807, 2.05) is 48.6 Å². The van der Waals surface area contributed by atoms with Gasteiger partial charge in [0.05, 0.1) is 30.9 Å². The summed E-state index contributed by atoms with van der Waals surface area (Å²) in [5, 5.41) is 22.3. The Morgan fingerprint density at radius 1 is 1.03 bits per heavy atom. The van der Waals surface area contributed by atoms with Crippen LogP contribution in [0.4, 0.5) is 5.82 Å². The molecule has 1 heterocycles. The number of hydrogen-bond donors (Lipinski definition) is 3. The van der Waals surface area contributed by atoms with E-state index in [2.05, 4.69) is 39.6 Å². The maximum atomic E-state index is 9.54. The molecular weight excluding hydrogens is 450 g/mol. The van der Waals surface area contributed by atoms with Gasteiger partial charge in [0.15, 0.2) is 0 Å². The molecule has 0 amide bonds. The van der Waals surface area contributed by atoms with Gasteiger partial charge in [-0.3, -0.25) is 0 Å². The molecule has 3 aromatic rings. The Bertz CT molecular complexity index is 1190.